The molecular formula is C17H18ClN5O7S. The molecule has 0 aliphatic carbocycles. The molecule has 14 heteroatoms. The van der Waals surface area contributed by atoms with Crippen molar-refractivity contribution in [1.82, 2.24) is 4.31 Å². The summed E-state index contributed by atoms with van der Waals surface area (Å²) in [5, 5.41) is 36.0. The second-order valence-electron chi connectivity index (χ2n) is 6.02. The highest BCUT2D eigenvalue weighted by molar-refractivity contribution is 7.89. The Morgan fingerprint density at radius 2 is 1.74 bits per heavy atom. The molecule has 0 saturated carbocycles. The number of nitro groups is 2. The van der Waals surface area contributed by atoms with Gasteiger partial charge in [-0.15, -0.1) is 0 Å². The van der Waals surface area contributed by atoms with Crippen LogP contribution in [0.25, 0.3) is 0 Å². The number of benzene rings is 2. The fourth-order valence-electron chi connectivity index (χ4n) is 2.64. The molecule has 0 atom stereocenters. The highest BCUT2D eigenvalue weighted by Gasteiger charge is 2.25. The normalized spacial score (nSPS) is 11.7. The maximum absolute atomic E-state index is 12.6. The fraction of sp³-hybridized carbons (Fsp3) is 0.235. The lowest BCUT2D eigenvalue weighted by Crippen LogP contribution is -2.30. The van der Waals surface area contributed by atoms with E-state index in [0.29, 0.717) is 0 Å². The van der Waals surface area contributed by atoms with E-state index in [0.717, 1.165) is 22.7 Å². The number of phenols is 1. The largest absolute Gasteiger partial charge is 0.502 e. The van der Waals surface area contributed by atoms with Crippen LogP contribution in [0.3, 0.4) is 0 Å². The number of hydrogen-bond donors (Lipinski definition) is 2. The van der Waals surface area contributed by atoms with Crippen LogP contribution < -0.4 is 5.43 Å². The summed E-state index contributed by atoms with van der Waals surface area (Å²) >= 11 is 5.79. The highest BCUT2D eigenvalue weighted by Crippen LogP contribution is 2.33. The summed E-state index contributed by atoms with van der Waals surface area (Å²) in [5.74, 6) is -0.685. The van der Waals surface area contributed by atoms with Crippen molar-refractivity contribution in [2.24, 2.45) is 5.10 Å². The van der Waals surface area contributed by atoms with Gasteiger partial charge in [-0.3, -0.25) is 25.7 Å². The summed E-state index contributed by atoms with van der Waals surface area (Å²) in [6, 6.07) is 5.45. The van der Waals surface area contributed by atoms with Gasteiger partial charge in [-0.2, -0.15) is 9.41 Å². The molecule has 2 aromatic carbocycles. The van der Waals surface area contributed by atoms with Gasteiger partial charge in [0.25, 0.3) is 5.69 Å². The zero-order valence-corrected chi connectivity index (χ0v) is 17.9. The van der Waals surface area contributed by atoms with E-state index < -0.39 is 37.0 Å². The van der Waals surface area contributed by atoms with E-state index >= 15 is 0 Å². The minimum absolute atomic E-state index is 0.0251. The molecule has 166 valence electrons. The number of sulfonamides is 1. The van der Waals surface area contributed by atoms with E-state index in [1.54, 1.807) is 13.8 Å². The SMILES string of the molecule is CCN(CC)S(=O)(=O)c1ccc(N/N=C\c2cc(Cl)cc([N+](=O)[O-])c2O)c([N+](=O)[O-])c1. The van der Waals surface area contributed by atoms with Gasteiger partial charge in [0.2, 0.25) is 15.8 Å². The van der Waals surface area contributed by atoms with E-state index in [-0.39, 0.29) is 34.3 Å². The predicted molar refractivity (Wildman–Crippen MR) is 114 cm³/mol. The standard InChI is InChI=1S/C17H18ClN5O7S/c1-3-21(4-2)31(29,30)13-5-6-14(15(9-13)22(25)26)20-19-10-11-7-12(18)8-16(17(11)24)23(27)28/h5-10,20,24H,3-4H2,1-2H3/b19-10-. The summed E-state index contributed by atoms with van der Waals surface area (Å²) in [7, 11) is -3.91. The monoisotopic (exact) mass is 471 g/mol. The summed E-state index contributed by atoms with van der Waals surface area (Å²) in [5.41, 5.74) is 0.956. The third kappa shape index (κ3) is 5.25. The maximum atomic E-state index is 12.6. The Labute approximate surface area is 182 Å². The van der Waals surface area contributed by atoms with Gasteiger partial charge in [0, 0.05) is 35.8 Å². The molecule has 31 heavy (non-hydrogen) atoms. The van der Waals surface area contributed by atoms with Crippen molar-refractivity contribution in [2.45, 2.75) is 18.7 Å². The average molecular weight is 472 g/mol. The van der Waals surface area contributed by atoms with Gasteiger partial charge in [0.15, 0.2) is 0 Å². The molecule has 0 unspecified atom stereocenters. The molecule has 0 saturated heterocycles. The van der Waals surface area contributed by atoms with Crippen LogP contribution in [0, 0.1) is 20.2 Å². The Morgan fingerprint density at radius 3 is 2.29 bits per heavy atom. The zero-order chi connectivity index (χ0) is 23.3. The van der Waals surface area contributed by atoms with Crippen molar-refractivity contribution in [3.63, 3.8) is 0 Å². The highest BCUT2D eigenvalue weighted by atomic mass is 35.5. The molecule has 0 aromatic heterocycles. The zero-order valence-electron chi connectivity index (χ0n) is 16.4. The number of anilines is 1. The number of hydrazone groups is 1. The van der Waals surface area contributed by atoms with Gasteiger partial charge in [-0.05, 0) is 18.2 Å². The summed E-state index contributed by atoms with van der Waals surface area (Å²) in [6.45, 7) is 3.70. The van der Waals surface area contributed by atoms with E-state index in [1.807, 2.05) is 0 Å². The van der Waals surface area contributed by atoms with Crippen molar-refractivity contribution in [2.75, 3.05) is 18.5 Å². The van der Waals surface area contributed by atoms with Crippen LogP contribution in [0.5, 0.6) is 5.75 Å². The predicted octanol–water partition coefficient (Wildman–Crippen LogP) is 3.34. The number of halogens is 1. The molecule has 0 aliphatic heterocycles. The van der Waals surface area contributed by atoms with Crippen LogP contribution in [0.15, 0.2) is 40.3 Å². The molecule has 0 fully saturated rings. The van der Waals surface area contributed by atoms with Gasteiger partial charge in [-0.1, -0.05) is 25.4 Å². The summed E-state index contributed by atoms with van der Waals surface area (Å²) in [4.78, 5) is 20.5. The van der Waals surface area contributed by atoms with Gasteiger partial charge in [0.1, 0.15) is 5.69 Å². The molecule has 2 aromatic rings. The number of phenolic OH excluding ortho intramolecular Hbond substituents is 1. The topological polar surface area (TPSA) is 168 Å². The first kappa shape index (κ1) is 24.0. The Hall–Kier alpha value is -3.29. The van der Waals surface area contributed by atoms with Gasteiger partial charge >= 0.3 is 5.69 Å². The third-order valence-electron chi connectivity index (χ3n) is 4.18. The number of aromatic hydroxyl groups is 1. The Bertz CT molecular complexity index is 1150. The number of nitrogens with zero attached hydrogens (tertiary/aromatic N) is 4. The van der Waals surface area contributed by atoms with Crippen LogP contribution in [0.2, 0.25) is 5.02 Å². The molecule has 12 nitrogen and oxygen atoms in total. The third-order valence-corrected chi connectivity index (χ3v) is 6.44. The number of nitrogens with one attached hydrogen (secondary N) is 1. The van der Waals surface area contributed by atoms with Crippen LogP contribution >= 0.6 is 11.6 Å². The maximum Gasteiger partial charge on any atom is 0.312 e. The minimum Gasteiger partial charge on any atom is -0.502 e. The van der Waals surface area contributed by atoms with Crippen molar-refractivity contribution < 1.29 is 23.4 Å². The van der Waals surface area contributed by atoms with E-state index in [4.69, 9.17) is 11.6 Å². The Balaban J connectivity index is 2.39. The lowest BCUT2D eigenvalue weighted by atomic mass is 10.2. The first-order chi connectivity index (χ1) is 14.5. The molecule has 0 bridgehead atoms. The fourth-order valence-corrected chi connectivity index (χ4v) is 4.34. The lowest BCUT2D eigenvalue weighted by molar-refractivity contribution is -0.385. The van der Waals surface area contributed by atoms with Gasteiger partial charge in [0.05, 0.1) is 21.0 Å². The molecule has 2 rings (SSSR count). The first-order valence-corrected chi connectivity index (χ1v) is 10.6. The van der Waals surface area contributed by atoms with Crippen LogP contribution in [-0.4, -0.2) is 47.0 Å². The smallest absolute Gasteiger partial charge is 0.312 e. The number of hydrogen-bond acceptors (Lipinski definition) is 9. The molecule has 0 aliphatic rings. The van der Waals surface area contributed by atoms with E-state index in [2.05, 4.69) is 10.5 Å². The number of rotatable bonds is 9. The van der Waals surface area contributed by atoms with Gasteiger partial charge in [-0.25, -0.2) is 8.42 Å². The van der Waals surface area contributed by atoms with Crippen LogP contribution in [0.1, 0.15) is 19.4 Å². The quantitative estimate of drug-likeness (QED) is 0.318. The molecule has 0 radical (unpaired) electrons. The molecule has 0 amide bonds. The van der Waals surface area contributed by atoms with Crippen molar-refractivity contribution in [3.05, 3.63) is 61.1 Å². The summed E-state index contributed by atoms with van der Waals surface area (Å²) in [6.07, 6.45) is 0.985. The second kappa shape index (κ2) is 9.68. The molecule has 0 heterocycles. The van der Waals surface area contributed by atoms with Crippen LogP contribution in [-0.2, 0) is 10.0 Å². The summed E-state index contributed by atoms with van der Waals surface area (Å²) < 4.78 is 26.3. The van der Waals surface area contributed by atoms with Crippen molar-refractivity contribution in [3.8, 4) is 5.75 Å². The second-order valence-corrected chi connectivity index (χ2v) is 8.39. The average Bonchev–Trinajstić information content (AvgIpc) is 2.70. The minimum atomic E-state index is -3.91. The van der Waals surface area contributed by atoms with E-state index in [1.165, 1.54) is 18.2 Å². The van der Waals surface area contributed by atoms with Crippen molar-refractivity contribution >= 4 is 44.9 Å². The molecule has 2 N–H and O–H groups in total. The van der Waals surface area contributed by atoms with E-state index in [9.17, 15) is 33.8 Å². The Morgan fingerprint density at radius 1 is 1.13 bits per heavy atom. The lowest BCUT2D eigenvalue weighted by Gasteiger charge is -2.18. The first-order valence-electron chi connectivity index (χ1n) is 8.77. The number of nitro benzene ring substituents is 2. The van der Waals surface area contributed by atoms with Crippen molar-refractivity contribution in [1.29, 1.82) is 0 Å². The molecular weight excluding hydrogens is 454 g/mol. The molecule has 0 spiro atoms. The Kier molecular flexibility index (Phi) is 7.49. The van der Waals surface area contributed by atoms with Crippen LogP contribution in [0.4, 0.5) is 17.1 Å². The van der Waals surface area contributed by atoms with Gasteiger partial charge < -0.3 is 5.11 Å².